The minimum atomic E-state index is -0.649. The molecule has 2 aromatic carbocycles. The van der Waals surface area contributed by atoms with Crippen LogP contribution in [0.15, 0.2) is 30.3 Å². The van der Waals surface area contributed by atoms with Crippen molar-refractivity contribution in [2.24, 2.45) is 0 Å². The van der Waals surface area contributed by atoms with Crippen molar-refractivity contribution in [3.05, 3.63) is 30.3 Å². The number of aliphatic hydroxyl groups excluding tert-OH is 1. The molecule has 1 fully saturated rings. The number of hydrogen-bond donors (Lipinski definition) is 2. The average molecular weight is 449 g/mol. The number of nitrogens with zero attached hydrogens (tertiary/aromatic N) is 2. The number of anilines is 1. The summed E-state index contributed by atoms with van der Waals surface area (Å²) in [6.45, 7) is 3.83. The Hall–Kier alpha value is -3.04. The highest BCUT2D eigenvalue weighted by Gasteiger charge is 2.22. The number of aromatic hydroxyl groups is 1. The molecule has 176 valence electrons. The van der Waals surface area contributed by atoms with Gasteiger partial charge in [-0.2, -0.15) is 0 Å². The van der Waals surface area contributed by atoms with Crippen LogP contribution < -0.4 is 28.6 Å². The lowest BCUT2D eigenvalue weighted by atomic mass is 10.2. The number of ether oxygens (including phenoxy) is 5. The van der Waals surface area contributed by atoms with E-state index >= 15 is 0 Å². The lowest BCUT2D eigenvalue weighted by Gasteiger charge is -2.37. The Morgan fingerprint density at radius 3 is 2.03 bits per heavy atom. The van der Waals surface area contributed by atoms with Gasteiger partial charge in [0.25, 0.3) is 0 Å². The molecule has 0 bridgehead atoms. The molecule has 0 aliphatic carbocycles. The molecule has 9 nitrogen and oxygen atoms in total. The van der Waals surface area contributed by atoms with Crippen LogP contribution in [0.3, 0.4) is 0 Å². The number of hydrogen-bond acceptors (Lipinski definition) is 9. The van der Waals surface area contributed by atoms with E-state index in [4.69, 9.17) is 23.7 Å². The van der Waals surface area contributed by atoms with E-state index < -0.39 is 6.10 Å². The summed E-state index contributed by atoms with van der Waals surface area (Å²) < 4.78 is 27.2. The number of phenolic OH excluding ortho intramolecular Hbond substituents is 1. The zero-order valence-electron chi connectivity index (χ0n) is 19.0. The third-order valence-corrected chi connectivity index (χ3v) is 5.43. The Morgan fingerprint density at radius 2 is 1.47 bits per heavy atom. The Labute approximate surface area is 188 Å². The number of rotatable bonds is 10. The van der Waals surface area contributed by atoms with Gasteiger partial charge in [0.2, 0.25) is 5.75 Å². The molecule has 1 unspecified atom stereocenters. The highest BCUT2D eigenvalue weighted by Crippen LogP contribution is 2.40. The molecule has 0 aromatic heterocycles. The van der Waals surface area contributed by atoms with Crippen LogP contribution in [-0.4, -0.2) is 89.0 Å². The number of piperazine rings is 1. The van der Waals surface area contributed by atoms with Crippen LogP contribution in [0.4, 0.5) is 5.69 Å². The number of β-amino-alcohol motifs (C(OH)–C–C–N with tert-alkyl or cyclic N) is 1. The van der Waals surface area contributed by atoms with E-state index in [9.17, 15) is 10.2 Å². The SMILES string of the molecule is COc1cc(O)ccc1N1CCN(CC(O)COc2cc(OC)c(OC)c(OC)c2)CC1. The fraction of sp³-hybridized carbons (Fsp3) is 0.478. The van der Waals surface area contributed by atoms with Gasteiger partial charge < -0.3 is 38.8 Å². The third kappa shape index (κ3) is 5.60. The fourth-order valence-electron chi connectivity index (χ4n) is 3.78. The van der Waals surface area contributed by atoms with E-state index in [1.54, 1.807) is 52.7 Å². The van der Waals surface area contributed by atoms with Crippen LogP contribution in [0.25, 0.3) is 0 Å². The largest absolute Gasteiger partial charge is 0.508 e. The maximum atomic E-state index is 10.5. The first-order valence-electron chi connectivity index (χ1n) is 10.4. The molecule has 1 atom stereocenters. The molecule has 2 aromatic rings. The Balaban J connectivity index is 1.51. The van der Waals surface area contributed by atoms with Gasteiger partial charge in [-0.1, -0.05) is 0 Å². The summed E-state index contributed by atoms with van der Waals surface area (Å²) >= 11 is 0. The van der Waals surface area contributed by atoms with Crippen molar-refractivity contribution in [1.29, 1.82) is 0 Å². The molecule has 32 heavy (non-hydrogen) atoms. The highest BCUT2D eigenvalue weighted by atomic mass is 16.5. The van der Waals surface area contributed by atoms with Gasteiger partial charge >= 0.3 is 0 Å². The molecule has 1 aliphatic rings. The molecule has 2 N–H and O–H groups in total. The summed E-state index contributed by atoms with van der Waals surface area (Å²) in [5, 5.41) is 20.2. The van der Waals surface area contributed by atoms with E-state index in [0.29, 0.717) is 35.3 Å². The van der Waals surface area contributed by atoms with Crippen molar-refractivity contribution < 1.29 is 33.9 Å². The molecule has 0 radical (unpaired) electrons. The molecular formula is C23H32N2O7. The quantitative estimate of drug-likeness (QED) is 0.566. The molecule has 9 heteroatoms. The van der Waals surface area contributed by atoms with Crippen LogP contribution in [0.1, 0.15) is 0 Å². The maximum Gasteiger partial charge on any atom is 0.203 e. The Kier molecular flexibility index (Phi) is 8.13. The van der Waals surface area contributed by atoms with E-state index in [1.165, 1.54) is 0 Å². The summed E-state index contributed by atoms with van der Waals surface area (Å²) in [7, 11) is 6.23. The molecule has 0 amide bonds. The molecule has 1 aliphatic heterocycles. The van der Waals surface area contributed by atoms with E-state index in [2.05, 4.69) is 9.80 Å². The maximum absolute atomic E-state index is 10.5. The van der Waals surface area contributed by atoms with Crippen molar-refractivity contribution in [2.45, 2.75) is 6.10 Å². The Morgan fingerprint density at radius 1 is 0.844 bits per heavy atom. The molecule has 0 spiro atoms. The van der Waals surface area contributed by atoms with Crippen LogP contribution in [-0.2, 0) is 0 Å². The normalized spacial score (nSPS) is 15.2. The molecule has 0 saturated carbocycles. The Bertz CT molecular complexity index is 860. The second-order valence-corrected chi connectivity index (χ2v) is 7.47. The first-order valence-corrected chi connectivity index (χ1v) is 10.4. The van der Waals surface area contributed by atoms with Crippen LogP contribution in [0, 0.1) is 0 Å². The highest BCUT2D eigenvalue weighted by molar-refractivity contribution is 5.61. The summed E-state index contributed by atoms with van der Waals surface area (Å²) in [6, 6.07) is 8.56. The van der Waals surface area contributed by atoms with E-state index in [1.807, 2.05) is 6.07 Å². The first kappa shape index (κ1) is 23.6. The van der Waals surface area contributed by atoms with Crippen LogP contribution in [0.2, 0.25) is 0 Å². The monoisotopic (exact) mass is 448 g/mol. The molecule has 1 saturated heterocycles. The first-order chi connectivity index (χ1) is 15.5. The number of phenols is 1. The van der Waals surface area contributed by atoms with Crippen LogP contribution in [0.5, 0.6) is 34.5 Å². The summed E-state index contributed by atoms with van der Waals surface area (Å²) in [5.41, 5.74) is 0.955. The standard InChI is InChI=1S/C23H32N2O7/c1-28-20-11-16(26)5-6-19(20)25-9-7-24(8-10-25)14-17(27)15-32-18-12-21(29-2)23(31-4)22(13-18)30-3/h5-6,11-13,17,26-27H,7-10,14-15H2,1-4H3. The van der Waals surface area contributed by atoms with Gasteiger partial charge in [0.05, 0.1) is 34.1 Å². The van der Waals surface area contributed by atoms with Gasteiger partial charge in [0, 0.05) is 50.9 Å². The number of benzene rings is 2. The summed E-state index contributed by atoms with van der Waals surface area (Å²) in [4.78, 5) is 4.42. The predicted octanol–water partition coefficient (Wildman–Crippen LogP) is 1.99. The van der Waals surface area contributed by atoms with Gasteiger partial charge in [-0.15, -0.1) is 0 Å². The topological polar surface area (TPSA) is 93.1 Å². The molecule has 3 rings (SSSR count). The number of methoxy groups -OCH3 is 4. The van der Waals surface area contributed by atoms with Crippen molar-refractivity contribution in [3.63, 3.8) is 0 Å². The van der Waals surface area contributed by atoms with Gasteiger partial charge in [0.15, 0.2) is 11.5 Å². The zero-order chi connectivity index (χ0) is 23.1. The molecule has 1 heterocycles. The summed E-state index contributed by atoms with van der Waals surface area (Å²) in [6.07, 6.45) is -0.649. The van der Waals surface area contributed by atoms with Crippen LogP contribution >= 0.6 is 0 Å². The van der Waals surface area contributed by atoms with Gasteiger partial charge in [0.1, 0.15) is 30.0 Å². The van der Waals surface area contributed by atoms with Gasteiger partial charge in [-0.25, -0.2) is 0 Å². The van der Waals surface area contributed by atoms with E-state index in [-0.39, 0.29) is 12.4 Å². The van der Waals surface area contributed by atoms with Crippen molar-refractivity contribution in [1.82, 2.24) is 4.90 Å². The molecular weight excluding hydrogens is 416 g/mol. The second kappa shape index (κ2) is 11.0. The lowest BCUT2D eigenvalue weighted by molar-refractivity contribution is 0.0660. The van der Waals surface area contributed by atoms with Crippen molar-refractivity contribution >= 4 is 5.69 Å². The third-order valence-electron chi connectivity index (χ3n) is 5.43. The minimum Gasteiger partial charge on any atom is -0.508 e. The second-order valence-electron chi connectivity index (χ2n) is 7.47. The van der Waals surface area contributed by atoms with E-state index in [0.717, 1.165) is 31.9 Å². The number of aliphatic hydroxyl groups is 1. The predicted molar refractivity (Wildman–Crippen MR) is 121 cm³/mol. The zero-order valence-corrected chi connectivity index (χ0v) is 19.0. The summed E-state index contributed by atoms with van der Waals surface area (Å²) in [5.74, 6) is 2.85. The van der Waals surface area contributed by atoms with Crippen molar-refractivity contribution in [3.8, 4) is 34.5 Å². The van der Waals surface area contributed by atoms with Gasteiger partial charge in [-0.05, 0) is 12.1 Å². The average Bonchev–Trinajstić information content (AvgIpc) is 2.82. The smallest absolute Gasteiger partial charge is 0.203 e. The lowest BCUT2D eigenvalue weighted by Crippen LogP contribution is -2.49. The van der Waals surface area contributed by atoms with Crippen molar-refractivity contribution in [2.75, 3.05) is 72.7 Å². The minimum absolute atomic E-state index is 0.143. The fourth-order valence-corrected chi connectivity index (χ4v) is 3.78. The van der Waals surface area contributed by atoms with Gasteiger partial charge in [-0.3, -0.25) is 4.90 Å².